The van der Waals surface area contributed by atoms with Crippen molar-refractivity contribution in [3.63, 3.8) is 0 Å². The summed E-state index contributed by atoms with van der Waals surface area (Å²) in [5.74, 6) is -0.350. The Hall–Kier alpha value is -2.70. The van der Waals surface area contributed by atoms with E-state index < -0.39 is 15.9 Å². The number of carbonyl (C=O) groups is 1. The van der Waals surface area contributed by atoms with Crippen molar-refractivity contribution in [2.45, 2.75) is 24.3 Å². The van der Waals surface area contributed by atoms with Crippen molar-refractivity contribution in [3.8, 4) is 6.07 Å². The Morgan fingerprint density at radius 1 is 1.31 bits per heavy atom. The average molecular weight is 373 g/mol. The second-order valence-corrected chi connectivity index (χ2v) is 8.00. The molecule has 2 aromatic rings. The van der Waals surface area contributed by atoms with Crippen LogP contribution in [0.3, 0.4) is 0 Å². The molecule has 1 aliphatic heterocycles. The van der Waals surface area contributed by atoms with Crippen LogP contribution in [0.2, 0.25) is 0 Å². The van der Waals surface area contributed by atoms with Gasteiger partial charge in [-0.15, -0.1) is 0 Å². The lowest BCUT2D eigenvalue weighted by Gasteiger charge is -2.31. The van der Waals surface area contributed by atoms with Crippen molar-refractivity contribution in [2.24, 2.45) is 5.92 Å². The molecular formula is C17H19N5O3S. The largest absolute Gasteiger partial charge is 0.309 e. The molecule has 1 saturated heterocycles. The quantitative estimate of drug-likeness (QED) is 0.853. The van der Waals surface area contributed by atoms with Crippen LogP contribution in [0.25, 0.3) is 0 Å². The number of hydrogen-bond acceptors (Lipinski definition) is 5. The smallest absolute Gasteiger partial charge is 0.243 e. The molecule has 2 heterocycles. The summed E-state index contributed by atoms with van der Waals surface area (Å²) in [6.45, 7) is 0.641. The number of nitrogens with zero attached hydrogens (tertiary/aromatic N) is 4. The number of nitrogens with one attached hydrogen (secondary N) is 1. The molecule has 3 rings (SSSR count). The number of rotatable bonds is 5. The first-order valence-electron chi connectivity index (χ1n) is 8.27. The maximum absolute atomic E-state index is 12.7. The van der Waals surface area contributed by atoms with Gasteiger partial charge in [-0.3, -0.25) is 9.48 Å². The van der Waals surface area contributed by atoms with E-state index in [4.69, 9.17) is 5.26 Å². The molecule has 1 amide bonds. The number of piperidine rings is 1. The van der Waals surface area contributed by atoms with Crippen molar-refractivity contribution < 1.29 is 13.2 Å². The van der Waals surface area contributed by atoms with Gasteiger partial charge in [-0.05, 0) is 25.0 Å². The Morgan fingerprint density at radius 2 is 2.08 bits per heavy atom. The number of carbonyl (C=O) groups excluding carboxylic acids is 1. The van der Waals surface area contributed by atoms with Gasteiger partial charge in [-0.2, -0.15) is 14.7 Å². The highest BCUT2D eigenvalue weighted by Crippen LogP contribution is 2.24. The fourth-order valence-electron chi connectivity index (χ4n) is 2.93. The van der Waals surface area contributed by atoms with Gasteiger partial charge in [0.25, 0.3) is 0 Å². The van der Waals surface area contributed by atoms with E-state index in [0.29, 0.717) is 25.2 Å². The molecule has 1 aliphatic rings. The first-order valence-corrected chi connectivity index (χ1v) is 9.71. The average Bonchev–Trinajstić information content (AvgIpc) is 3.10. The number of aromatic nitrogens is 2. The summed E-state index contributed by atoms with van der Waals surface area (Å²) < 4.78 is 28.3. The Bertz CT molecular complexity index is 917. The standard InChI is InChI=1S/C17H19N5O3S/c18-9-12-21-11-8-16(20-21)19-17(23)14-5-4-10-22(13-14)26(24,25)15-6-2-1-3-7-15/h1-3,6-8,11,14H,4-5,10,12-13H2,(H,19,20,23). The fraction of sp³-hybridized carbons (Fsp3) is 0.353. The van der Waals surface area contributed by atoms with Gasteiger partial charge in [0, 0.05) is 25.4 Å². The molecule has 1 N–H and O–H groups in total. The Balaban J connectivity index is 1.68. The van der Waals surface area contributed by atoms with Crippen LogP contribution < -0.4 is 5.32 Å². The number of anilines is 1. The molecule has 1 atom stereocenters. The third kappa shape index (κ3) is 3.92. The Kier molecular flexibility index (Phi) is 5.35. The third-order valence-corrected chi connectivity index (χ3v) is 6.14. The zero-order chi connectivity index (χ0) is 18.6. The van der Waals surface area contributed by atoms with E-state index in [2.05, 4.69) is 10.4 Å². The molecule has 0 spiro atoms. The van der Waals surface area contributed by atoms with Gasteiger partial charge >= 0.3 is 0 Å². The summed E-state index contributed by atoms with van der Waals surface area (Å²) in [6, 6.07) is 11.8. The van der Waals surface area contributed by atoms with E-state index in [0.717, 1.165) is 0 Å². The molecule has 136 valence electrons. The predicted molar refractivity (Wildman–Crippen MR) is 94.4 cm³/mol. The Morgan fingerprint density at radius 3 is 2.81 bits per heavy atom. The topological polar surface area (TPSA) is 108 Å². The van der Waals surface area contributed by atoms with Gasteiger partial charge < -0.3 is 5.32 Å². The molecule has 0 saturated carbocycles. The highest BCUT2D eigenvalue weighted by molar-refractivity contribution is 7.89. The summed E-state index contributed by atoms with van der Waals surface area (Å²) in [5.41, 5.74) is 0. The van der Waals surface area contributed by atoms with Gasteiger partial charge in [0.1, 0.15) is 6.54 Å². The van der Waals surface area contributed by atoms with Crippen molar-refractivity contribution in [1.82, 2.24) is 14.1 Å². The molecule has 0 bridgehead atoms. The van der Waals surface area contributed by atoms with Crippen LogP contribution in [0.1, 0.15) is 12.8 Å². The van der Waals surface area contributed by atoms with Gasteiger partial charge in [-0.25, -0.2) is 8.42 Å². The lowest BCUT2D eigenvalue weighted by molar-refractivity contribution is -0.120. The SMILES string of the molecule is N#CCn1ccc(NC(=O)C2CCCN(S(=O)(=O)c3ccccc3)C2)n1. The highest BCUT2D eigenvalue weighted by atomic mass is 32.2. The summed E-state index contributed by atoms with van der Waals surface area (Å²) in [7, 11) is -3.61. The predicted octanol–water partition coefficient (Wildman–Crippen LogP) is 1.45. The van der Waals surface area contributed by atoms with Gasteiger partial charge in [0.2, 0.25) is 15.9 Å². The zero-order valence-electron chi connectivity index (χ0n) is 14.1. The van der Waals surface area contributed by atoms with Gasteiger partial charge in [-0.1, -0.05) is 18.2 Å². The molecule has 1 aromatic carbocycles. The first-order chi connectivity index (χ1) is 12.5. The maximum Gasteiger partial charge on any atom is 0.243 e. The van der Waals surface area contributed by atoms with Crippen LogP contribution in [0.15, 0.2) is 47.5 Å². The normalized spacial score (nSPS) is 18.2. The van der Waals surface area contributed by atoms with Crippen LogP contribution >= 0.6 is 0 Å². The second kappa shape index (κ2) is 7.68. The van der Waals surface area contributed by atoms with Crippen molar-refractivity contribution in [1.29, 1.82) is 5.26 Å². The fourth-order valence-corrected chi connectivity index (χ4v) is 4.48. The molecule has 26 heavy (non-hydrogen) atoms. The molecule has 1 aromatic heterocycles. The maximum atomic E-state index is 12.7. The van der Waals surface area contributed by atoms with E-state index in [9.17, 15) is 13.2 Å². The van der Waals surface area contributed by atoms with Gasteiger partial charge in [0.05, 0.1) is 16.9 Å². The van der Waals surface area contributed by atoms with Crippen LogP contribution in [0.4, 0.5) is 5.82 Å². The lowest BCUT2D eigenvalue weighted by Crippen LogP contribution is -2.43. The zero-order valence-corrected chi connectivity index (χ0v) is 14.9. The summed E-state index contributed by atoms with van der Waals surface area (Å²) >= 11 is 0. The number of benzene rings is 1. The Labute approximate surface area is 152 Å². The van der Waals surface area contributed by atoms with Crippen LogP contribution in [0.5, 0.6) is 0 Å². The van der Waals surface area contributed by atoms with E-state index in [1.54, 1.807) is 42.6 Å². The van der Waals surface area contributed by atoms with Crippen LogP contribution in [0, 0.1) is 17.2 Å². The van der Waals surface area contributed by atoms with E-state index in [1.807, 2.05) is 6.07 Å². The number of hydrogen-bond donors (Lipinski definition) is 1. The highest BCUT2D eigenvalue weighted by Gasteiger charge is 2.33. The van der Waals surface area contributed by atoms with Crippen molar-refractivity contribution in [3.05, 3.63) is 42.6 Å². The summed E-state index contributed by atoms with van der Waals surface area (Å²) in [5, 5.41) is 15.4. The summed E-state index contributed by atoms with van der Waals surface area (Å²) in [6.07, 6.45) is 2.84. The molecular weight excluding hydrogens is 354 g/mol. The minimum Gasteiger partial charge on any atom is -0.309 e. The molecule has 1 unspecified atom stereocenters. The number of sulfonamides is 1. The van der Waals surface area contributed by atoms with Crippen LogP contribution in [-0.4, -0.2) is 41.5 Å². The van der Waals surface area contributed by atoms with E-state index >= 15 is 0 Å². The lowest BCUT2D eigenvalue weighted by atomic mass is 9.99. The van der Waals surface area contributed by atoms with Crippen LogP contribution in [-0.2, 0) is 21.4 Å². The molecule has 0 radical (unpaired) electrons. The minimum atomic E-state index is -3.61. The number of amides is 1. The van der Waals surface area contributed by atoms with Crippen molar-refractivity contribution >= 4 is 21.7 Å². The molecule has 9 heteroatoms. The second-order valence-electron chi connectivity index (χ2n) is 6.06. The minimum absolute atomic E-state index is 0.0996. The molecule has 1 fully saturated rings. The van der Waals surface area contributed by atoms with Crippen molar-refractivity contribution in [2.75, 3.05) is 18.4 Å². The molecule has 8 nitrogen and oxygen atoms in total. The molecule has 0 aliphatic carbocycles. The number of nitriles is 1. The first kappa shape index (κ1) is 18.1. The third-order valence-electron chi connectivity index (χ3n) is 4.26. The van der Waals surface area contributed by atoms with Gasteiger partial charge in [0.15, 0.2) is 5.82 Å². The van der Waals surface area contributed by atoms with E-state index in [1.165, 1.54) is 8.99 Å². The van der Waals surface area contributed by atoms with E-state index in [-0.39, 0.29) is 23.9 Å². The monoisotopic (exact) mass is 373 g/mol. The summed E-state index contributed by atoms with van der Waals surface area (Å²) in [4.78, 5) is 12.7.